The highest BCUT2D eigenvalue weighted by atomic mass is 35.5. The lowest BCUT2D eigenvalue weighted by molar-refractivity contribution is -0.160. The smallest absolute Gasteiger partial charge is 0.250 e. The number of benzene rings is 2. The summed E-state index contributed by atoms with van der Waals surface area (Å²) in [6.45, 7) is 2.61. The first-order chi connectivity index (χ1) is 15.9. The van der Waals surface area contributed by atoms with Crippen LogP contribution in [0.1, 0.15) is 49.8 Å². The molecular formula is C26H31ClN2O4. The largest absolute Gasteiger partial charge is 0.493 e. The van der Waals surface area contributed by atoms with Gasteiger partial charge in [0.2, 0.25) is 5.91 Å². The van der Waals surface area contributed by atoms with Crippen LogP contribution < -0.4 is 9.47 Å². The van der Waals surface area contributed by atoms with Crippen molar-refractivity contribution in [1.82, 2.24) is 9.80 Å². The number of nitrogens with zero attached hydrogens (tertiary/aromatic N) is 2. The quantitative estimate of drug-likeness (QED) is 0.605. The van der Waals surface area contributed by atoms with Crippen LogP contribution >= 0.6 is 11.6 Å². The fourth-order valence-electron chi connectivity index (χ4n) is 4.95. The third-order valence-corrected chi connectivity index (χ3v) is 7.27. The van der Waals surface area contributed by atoms with E-state index >= 15 is 0 Å². The molecule has 1 saturated carbocycles. The molecule has 0 N–H and O–H groups in total. The second-order valence-electron chi connectivity index (χ2n) is 9.01. The Labute approximate surface area is 200 Å². The van der Waals surface area contributed by atoms with Gasteiger partial charge in [0.25, 0.3) is 5.91 Å². The number of carbonyl (C=O) groups excluding carboxylic acids is 2. The van der Waals surface area contributed by atoms with Crippen molar-refractivity contribution in [3.8, 4) is 11.5 Å². The zero-order valence-electron chi connectivity index (χ0n) is 19.4. The van der Waals surface area contributed by atoms with Gasteiger partial charge >= 0.3 is 0 Å². The van der Waals surface area contributed by atoms with E-state index in [2.05, 4.69) is 6.92 Å². The molecule has 4 rings (SSSR count). The number of carbonyl (C=O) groups is 2. The predicted molar refractivity (Wildman–Crippen MR) is 127 cm³/mol. The van der Waals surface area contributed by atoms with Crippen LogP contribution in [0.4, 0.5) is 0 Å². The lowest BCUT2D eigenvalue weighted by Gasteiger charge is -2.45. The Morgan fingerprint density at radius 3 is 2.33 bits per heavy atom. The number of piperazine rings is 1. The minimum absolute atomic E-state index is 0.0478. The van der Waals surface area contributed by atoms with E-state index in [1.54, 1.807) is 42.2 Å². The average molecular weight is 471 g/mol. The minimum atomic E-state index is -0.748. The molecule has 6 nitrogen and oxygen atoms in total. The van der Waals surface area contributed by atoms with E-state index in [0.29, 0.717) is 28.0 Å². The highest BCUT2D eigenvalue weighted by molar-refractivity contribution is 6.31. The van der Waals surface area contributed by atoms with Gasteiger partial charge in [0.1, 0.15) is 12.6 Å². The van der Waals surface area contributed by atoms with Crippen molar-refractivity contribution in [2.45, 2.75) is 51.2 Å². The molecule has 2 amide bonds. The summed E-state index contributed by atoms with van der Waals surface area (Å²) in [6, 6.07) is 12.2. The van der Waals surface area contributed by atoms with Gasteiger partial charge in [-0.15, -0.1) is 0 Å². The number of ether oxygens (including phenoxy) is 2. The standard InChI is InChI=1S/C26H31ClN2O4/c1-17-8-11-20(12-9-17)28-16-24(30)29(15-19-6-4-5-7-21(19)27)25(26(28)31)18-10-13-22(32-2)23(14-18)33-3/h4-7,10,13-14,17,20,25H,8-9,11-12,15-16H2,1-3H3/t17?,20?,25-/m0/s1. The lowest BCUT2D eigenvalue weighted by atomic mass is 9.85. The third-order valence-electron chi connectivity index (χ3n) is 6.90. The van der Waals surface area contributed by atoms with E-state index in [1.165, 1.54) is 0 Å². The van der Waals surface area contributed by atoms with Crippen LogP contribution in [0, 0.1) is 5.92 Å². The van der Waals surface area contributed by atoms with Crippen molar-refractivity contribution in [3.05, 3.63) is 58.6 Å². The molecular weight excluding hydrogens is 440 g/mol. The van der Waals surface area contributed by atoms with E-state index in [1.807, 2.05) is 24.3 Å². The maximum absolute atomic E-state index is 13.9. The number of methoxy groups -OCH3 is 2. The molecule has 1 heterocycles. The van der Waals surface area contributed by atoms with Crippen molar-refractivity contribution in [3.63, 3.8) is 0 Å². The Kier molecular flexibility index (Phi) is 7.13. The van der Waals surface area contributed by atoms with E-state index < -0.39 is 6.04 Å². The number of halogens is 1. The van der Waals surface area contributed by atoms with Gasteiger partial charge in [-0.2, -0.15) is 0 Å². The van der Waals surface area contributed by atoms with Crippen LogP contribution in [0.25, 0.3) is 0 Å². The SMILES string of the molecule is COc1ccc([C@H]2C(=O)N(C3CCC(C)CC3)CC(=O)N2Cc2ccccc2Cl)cc1OC. The summed E-state index contributed by atoms with van der Waals surface area (Å²) in [5.74, 6) is 1.64. The van der Waals surface area contributed by atoms with Gasteiger partial charge in [-0.25, -0.2) is 0 Å². The normalized spacial score (nSPS) is 23.6. The minimum Gasteiger partial charge on any atom is -0.493 e. The van der Waals surface area contributed by atoms with Crippen molar-refractivity contribution in [1.29, 1.82) is 0 Å². The summed E-state index contributed by atoms with van der Waals surface area (Å²) < 4.78 is 10.9. The fraction of sp³-hybridized carbons (Fsp3) is 0.462. The molecule has 0 spiro atoms. The molecule has 1 atom stereocenters. The van der Waals surface area contributed by atoms with Gasteiger partial charge in [0.05, 0.1) is 14.2 Å². The second-order valence-corrected chi connectivity index (χ2v) is 9.42. The molecule has 176 valence electrons. The highest BCUT2D eigenvalue weighted by Gasteiger charge is 2.43. The molecule has 0 aromatic heterocycles. The van der Waals surface area contributed by atoms with Crippen molar-refractivity contribution in [2.24, 2.45) is 5.92 Å². The lowest BCUT2D eigenvalue weighted by Crippen LogP contribution is -2.58. The summed E-state index contributed by atoms with van der Waals surface area (Å²) in [5.41, 5.74) is 1.51. The van der Waals surface area contributed by atoms with Crippen LogP contribution in [-0.4, -0.2) is 48.4 Å². The molecule has 0 radical (unpaired) electrons. The monoisotopic (exact) mass is 470 g/mol. The van der Waals surface area contributed by atoms with Gasteiger partial charge in [0, 0.05) is 17.6 Å². The molecule has 0 bridgehead atoms. The molecule has 1 saturated heterocycles. The first-order valence-electron chi connectivity index (χ1n) is 11.5. The topological polar surface area (TPSA) is 59.1 Å². The fourth-order valence-corrected chi connectivity index (χ4v) is 5.14. The van der Waals surface area contributed by atoms with E-state index in [-0.39, 0.29) is 30.9 Å². The number of rotatable bonds is 6. The van der Waals surface area contributed by atoms with Crippen LogP contribution in [-0.2, 0) is 16.1 Å². The maximum atomic E-state index is 13.9. The number of amides is 2. The summed E-state index contributed by atoms with van der Waals surface area (Å²) in [4.78, 5) is 30.8. The van der Waals surface area contributed by atoms with Crippen molar-refractivity contribution >= 4 is 23.4 Å². The Morgan fingerprint density at radius 2 is 1.67 bits per heavy atom. The Balaban J connectivity index is 1.72. The third kappa shape index (κ3) is 4.81. The van der Waals surface area contributed by atoms with E-state index in [4.69, 9.17) is 21.1 Å². The van der Waals surface area contributed by atoms with Gasteiger partial charge in [-0.3, -0.25) is 9.59 Å². The van der Waals surface area contributed by atoms with Gasteiger partial charge < -0.3 is 19.3 Å². The van der Waals surface area contributed by atoms with Crippen molar-refractivity contribution < 1.29 is 19.1 Å². The average Bonchev–Trinajstić information content (AvgIpc) is 2.83. The summed E-state index contributed by atoms with van der Waals surface area (Å²) in [6.07, 6.45) is 4.02. The summed E-state index contributed by atoms with van der Waals surface area (Å²) in [7, 11) is 3.13. The molecule has 2 aromatic rings. The van der Waals surface area contributed by atoms with Crippen LogP contribution in [0.15, 0.2) is 42.5 Å². The van der Waals surface area contributed by atoms with Gasteiger partial charge in [0.15, 0.2) is 11.5 Å². The molecule has 0 unspecified atom stereocenters. The van der Waals surface area contributed by atoms with Crippen molar-refractivity contribution in [2.75, 3.05) is 20.8 Å². The molecule has 7 heteroatoms. The predicted octanol–water partition coefficient (Wildman–Crippen LogP) is 4.85. The van der Waals surface area contributed by atoms with Gasteiger partial charge in [-0.1, -0.05) is 42.8 Å². The van der Waals surface area contributed by atoms with E-state index in [9.17, 15) is 9.59 Å². The zero-order valence-corrected chi connectivity index (χ0v) is 20.2. The van der Waals surface area contributed by atoms with Crippen LogP contribution in [0.3, 0.4) is 0 Å². The molecule has 33 heavy (non-hydrogen) atoms. The Bertz CT molecular complexity index is 1020. The summed E-state index contributed by atoms with van der Waals surface area (Å²) in [5, 5.41) is 0.576. The first kappa shape index (κ1) is 23.4. The molecule has 2 fully saturated rings. The molecule has 1 aliphatic heterocycles. The van der Waals surface area contributed by atoms with Crippen LogP contribution in [0.2, 0.25) is 5.02 Å². The van der Waals surface area contributed by atoms with Gasteiger partial charge in [-0.05, 0) is 60.9 Å². The second kappa shape index (κ2) is 10.0. The highest BCUT2D eigenvalue weighted by Crippen LogP contribution is 2.38. The van der Waals surface area contributed by atoms with E-state index in [0.717, 1.165) is 31.2 Å². The zero-order chi connectivity index (χ0) is 23.5. The molecule has 2 aliphatic rings. The number of hydrogen-bond acceptors (Lipinski definition) is 4. The Hall–Kier alpha value is -2.73. The summed E-state index contributed by atoms with van der Waals surface area (Å²) >= 11 is 6.40. The maximum Gasteiger partial charge on any atom is 0.250 e. The molecule has 2 aromatic carbocycles. The van der Waals surface area contributed by atoms with Crippen LogP contribution in [0.5, 0.6) is 11.5 Å². The molecule has 1 aliphatic carbocycles. The Morgan fingerprint density at radius 1 is 0.970 bits per heavy atom. The first-order valence-corrected chi connectivity index (χ1v) is 11.9. The number of hydrogen-bond donors (Lipinski definition) is 0.